The maximum absolute atomic E-state index is 5.71. The highest BCUT2D eigenvalue weighted by Gasteiger charge is 2.20. The Morgan fingerprint density at radius 2 is 2.33 bits per heavy atom. The largest absolute Gasteiger partial charge is 0.296 e. The van der Waals surface area contributed by atoms with Gasteiger partial charge in [-0.25, -0.2) is 5.84 Å². The summed E-state index contributed by atoms with van der Waals surface area (Å²) in [6.07, 6.45) is 5.34. The molecule has 0 aromatic rings. The molecule has 1 aliphatic heterocycles. The van der Waals surface area contributed by atoms with Gasteiger partial charge >= 0.3 is 0 Å². The Morgan fingerprint density at radius 3 is 2.92 bits per heavy atom. The Hall–Kier alpha value is -1.09. The quantitative estimate of drug-likeness (QED) is 0.500. The van der Waals surface area contributed by atoms with Gasteiger partial charge in [0.1, 0.15) is 5.84 Å². The molecule has 1 heterocycles. The van der Waals surface area contributed by atoms with Crippen molar-refractivity contribution in [2.24, 2.45) is 10.8 Å². The van der Waals surface area contributed by atoms with Crippen molar-refractivity contribution in [2.45, 2.75) is 18.9 Å². The van der Waals surface area contributed by atoms with Gasteiger partial charge in [-0.1, -0.05) is 12.2 Å². The van der Waals surface area contributed by atoms with E-state index >= 15 is 0 Å². The maximum atomic E-state index is 5.71. The molecule has 3 heteroatoms. The Bertz CT molecular complexity index is 208. The average Bonchev–Trinajstić information content (AvgIpc) is 2.34. The van der Waals surface area contributed by atoms with Crippen LogP contribution in [0.25, 0.3) is 0 Å². The molecule has 0 radical (unpaired) electrons. The first-order chi connectivity index (χ1) is 5.77. The molecule has 0 saturated carbocycles. The van der Waals surface area contributed by atoms with Gasteiger partial charge < -0.3 is 0 Å². The molecule has 0 bridgehead atoms. The Kier molecular flexibility index (Phi) is 3.05. The van der Waals surface area contributed by atoms with E-state index in [4.69, 9.17) is 5.84 Å². The molecule has 0 saturated heterocycles. The van der Waals surface area contributed by atoms with Gasteiger partial charge in [-0.05, 0) is 6.42 Å². The third-order valence-corrected chi connectivity index (χ3v) is 1.84. The number of hydrogen-bond donors (Lipinski definition) is 1. The summed E-state index contributed by atoms with van der Waals surface area (Å²) in [6.45, 7) is 8.12. The van der Waals surface area contributed by atoms with Gasteiger partial charge in [0.15, 0.2) is 0 Å². The fourth-order valence-electron chi connectivity index (χ4n) is 1.28. The number of aliphatic imine (C=N–C) groups is 1. The van der Waals surface area contributed by atoms with E-state index in [0.717, 1.165) is 25.2 Å². The zero-order valence-electron chi connectivity index (χ0n) is 7.24. The molecule has 12 heavy (non-hydrogen) atoms. The Balaban J connectivity index is 2.54. The van der Waals surface area contributed by atoms with Crippen molar-refractivity contribution in [1.29, 1.82) is 0 Å². The molecule has 0 aliphatic carbocycles. The lowest BCUT2D eigenvalue weighted by Crippen LogP contribution is -2.35. The first-order valence-corrected chi connectivity index (χ1v) is 4.08. The fourth-order valence-corrected chi connectivity index (χ4v) is 1.28. The van der Waals surface area contributed by atoms with Crippen molar-refractivity contribution in [3.63, 3.8) is 0 Å². The van der Waals surface area contributed by atoms with Crippen molar-refractivity contribution < 1.29 is 0 Å². The molecule has 1 rings (SSSR count). The molecule has 2 N–H and O–H groups in total. The van der Waals surface area contributed by atoms with Crippen LogP contribution in [0.5, 0.6) is 0 Å². The Morgan fingerprint density at radius 1 is 1.58 bits per heavy atom. The summed E-state index contributed by atoms with van der Waals surface area (Å²) in [6, 6.07) is 0.294. The van der Waals surface area contributed by atoms with E-state index in [1.165, 1.54) is 0 Å². The molecule has 0 aromatic carbocycles. The van der Waals surface area contributed by atoms with Gasteiger partial charge in [0.2, 0.25) is 0 Å². The number of nitrogens with zero attached hydrogens (tertiary/aromatic N) is 2. The van der Waals surface area contributed by atoms with Gasteiger partial charge in [0, 0.05) is 6.42 Å². The van der Waals surface area contributed by atoms with Crippen molar-refractivity contribution >= 4 is 5.84 Å². The van der Waals surface area contributed by atoms with E-state index in [0.29, 0.717) is 6.04 Å². The predicted octanol–water partition coefficient (Wildman–Crippen LogP) is 1.09. The highest BCUT2D eigenvalue weighted by atomic mass is 15.5. The van der Waals surface area contributed by atoms with Crippen LogP contribution in [0, 0.1) is 0 Å². The van der Waals surface area contributed by atoms with Crippen LogP contribution in [0.15, 0.2) is 30.3 Å². The second-order valence-corrected chi connectivity index (χ2v) is 2.87. The second kappa shape index (κ2) is 4.07. The molecule has 0 fully saturated rings. The van der Waals surface area contributed by atoms with Gasteiger partial charge in [-0.3, -0.25) is 10.0 Å². The molecule has 1 aliphatic rings. The first-order valence-electron chi connectivity index (χ1n) is 4.08. The minimum Gasteiger partial charge on any atom is -0.296 e. The average molecular weight is 165 g/mol. The smallest absolute Gasteiger partial charge is 0.117 e. The predicted molar refractivity (Wildman–Crippen MR) is 51.7 cm³/mol. The topological polar surface area (TPSA) is 41.6 Å². The van der Waals surface area contributed by atoms with E-state index < -0.39 is 0 Å². The lowest BCUT2D eigenvalue weighted by Gasteiger charge is -2.11. The molecule has 3 nitrogen and oxygen atoms in total. The summed E-state index contributed by atoms with van der Waals surface area (Å²) in [5.41, 5.74) is 0. The van der Waals surface area contributed by atoms with Gasteiger partial charge in [-0.2, -0.15) is 0 Å². The normalized spacial score (nSPS) is 22.2. The number of rotatable bonds is 4. The molecule has 66 valence electrons. The van der Waals surface area contributed by atoms with Crippen molar-refractivity contribution in [3.05, 3.63) is 25.3 Å². The van der Waals surface area contributed by atoms with Crippen LogP contribution >= 0.6 is 0 Å². The van der Waals surface area contributed by atoms with E-state index in [-0.39, 0.29) is 0 Å². The highest BCUT2D eigenvalue weighted by Crippen LogP contribution is 2.11. The summed E-state index contributed by atoms with van der Waals surface area (Å²) < 4.78 is 0. The summed E-state index contributed by atoms with van der Waals surface area (Å²) in [5, 5.41) is 1.69. The molecular weight excluding hydrogens is 150 g/mol. The molecule has 0 aromatic heterocycles. The van der Waals surface area contributed by atoms with E-state index in [1.54, 1.807) is 5.01 Å². The van der Waals surface area contributed by atoms with E-state index in [9.17, 15) is 0 Å². The molecule has 0 spiro atoms. The highest BCUT2D eigenvalue weighted by molar-refractivity contribution is 5.84. The van der Waals surface area contributed by atoms with Gasteiger partial charge in [0.05, 0.1) is 12.6 Å². The van der Waals surface area contributed by atoms with Crippen LogP contribution in [0.3, 0.4) is 0 Å². The number of hydrogen-bond acceptors (Lipinski definition) is 3. The third-order valence-electron chi connectivity index (χ3n) is 1.84. The van der Waals surface area contributed by atoms with Crippen molar-refractivity contribution in [3.8, 4) is 0 Å². The molecule has 1 unspecified atom stereocenters. The van der Waals surface area contributed by atoms with Crippen LogP contribution in [0.1, 0.15) is 12.8 Å². The minimum absolute atomic E-state index is 0.294. The summed E-state index contributed by atoms with van der Waals surface area (Å²) in [5.74, 6) is 6.63. The van der Waals surface area contributed by atoms with Crippen LogP contribution in [-0.2, 0) is 0 Å². The lowest BCUT2D eigenvalue weighted by molar-refractivity contribution is 0.439. The van der Waals surface area contributed by atoms with E-state index in [1.807, 2.05) is 12.2 Å². The van der Waals surface area contributed by atoms with Crippen LogP contribution < -0.4 is 5.84 Å². The minimum atomic E-state index is 0.294. The first kappa shape index (κ1) is 9.00. The zero-order valence-corrected chi connectivity index (χ0v) is 7.24. The van der Waals surface area contributed by atoms with Crippen molar-refractivity contribution in [2.75, 3.05) is 6.54 Å². The fraction of sp³-hybridized carbons (Fsp3) is 0.444. The van der Waals surface area contributed by atoms with Gasteiger partial charge in [-0.15, -0.1) is 13.2 Å². The second-order valence-electron chi connectivity index (χ2n) is 2.87. The lowest BCUT2D eigenvalue weighted by atomic mass is 10.2. The molecular formula is C9H15N3. The van der Waals surface area contributed by atoms with Crippen LogP contribution in [-0.4, -0.2) is 23.4 Å². The van der Waals surface area contributed by atoms with Crippen LogP contribution in [0.4, 0.5) is 0 Å². The summed E-state index contributed by atoms with van der Waals surface area (Å²) in [7, 11) is 0. The third kappa shape index (κ3) is 1.95. The zero-order chi connectivity index (χ0) is 8.97. The Labute approximate surface area is 73.2 Å². The van der Waals surface area contributed by atoms with Crippen LogP contribution in [0.2, 0.25) is 0 Å². The van der Waals surface area contributed by atoms with E-state index in [2.05, 4.69) is 18.2 Å². The summed E-state index contributed by atoms with van der Waals surface area (Å²) in [4.78, 5) is 4.42. The molecule has 1 atom stereocenters. The van der Waals surface area contributed by atoms with Gasteiger partial charge in [0.25, 0.3) is 0 Å². The SMILES string of the molecule is C=CCC1=NC(CC=C)CN1N. The number of amidine groups is 1. The summed E-state index contributed by atoms with van der Waals surface area (Å²) >= 11 is 0. The standard InChI is InChI=1S/C9H15N3/c1-3-5-8-7-12(10)9(11-8)6-4-2/h3-4,8H,1-2,5-7,10H2. The monoisotopic (exact) mass is 165 g/mol. The number of nitrogens with two attached hydrogens (primary N) is 1. The molecule has 0 amide bonds. The maximum Gasteiger partial charge on any atom is 0.117 e. The number of hydrazine groups is 1. The van der Waals surface area contributed by atoms with Crippen molar-refractivity contribution in [1.82, 2.24) is 5.01 Å².